The lowest BCUT2D eigenvalue weighted by molar-refractivity contribution is 0.101. The van der Waals surface area contributed by atoms with Crippen molar-refractivity contribution in [2.75, 3.05) is 16.2 Å². The number of hydrogen-bond acceptors (Lipinski definition) is 4. The summed E-state index contributed by atoms with van der Waals surface area (Å²) >= 11 is 0. The summed E-state index contributed by atoms with van der Waals surface area (Å²) in [6, 6.07) is 20.0. The molecule has 0 fully saturated rings. The number of benzene rings is 3. The van der Waals surface area contributed by atoms with Gasteiger partial charge in [-0.1, -0.05) is 36.4 Å². The smallest absolute Gasteiger partial charge is 0.264 e. The average Bonchev–Trinajstić information content (AvgIpc) is 3.19. The number of amides is 1. The highest BCUT2D eigenvalue weighted by atomic mass is 32.2. The lowest BCUT2D eigenvalue weighted by Crippen LogP contribution is -2.29. The molecule has 1 aliphatic heterocycles. The number of para-hydroxylation sites is 1. The Morgan fingerprint density at radius 3 is 2.43 bits per heavy atom. The predicted molar refractivity (Wildman–Crippen MR) is 116 cm³/mol. The summed E-state index contributed by atoms with van der Waals surface area (Å²) in [6.07, 6.45) is 0.655. The van der Waals surface area contributed by atoms with Crippen molar-refractivity contribution in [1.29, 1.82) is 0 Å². The minimum Gasteiger partial charge on any atom is -0.322 e. The van der Waals surface area contributed by atoms with Gasteiger partial charge in [-0.25, -0.2) is 8.42 Å². The van der Waals surface area contributed by atoms with E-state index in [1.165, 1.54) is 23.4 Å². The first-order valence-corrected chi connectivity index (χ1v) is 10.9. The molecule has 152 valence electrons. The lowest BCUT2D eigenvalue weighted by Gasteiger charge is -2.20. The topological polar surface area (TPSA) is 83.5 Å². The van der Waals surface area contributed by atoms with Crippen LogP contribution < -0.4 is 9.62 Å². The van der Waals surface area contributed by atoms with E-state index in [1.54, 1.807) is 42.5 Å². The van der Waals surface area contributed by atoms with Gasteiger partial charge < -0.3 is 5.32 Å². The SMILES string of the molecule is CC(=O)c1cccc(NC(=O)c2cccc(S(=O)(=O)N3CCc4ccccc43)c2)c1. The first kappa shape index (κ1) is 19.8. The van der Waals surface area contributed by atoms with Crippen LogP contribution in [0, 0.1) is 0 Å². The van der Waals surface area contributed by atoms with Crippen molar-refractivity contribution in [1.82, 2.24) is 0 Å². The summed E-state index contributed by atoms with van der Waals surface area (Å²) in [5, 5.41) is 2.72. The van der Waals surface area contributed by atoms with E-state index >= 15 is 0 Å². The predicted octanol–water partition coefficient (Wildman–Crippen LogP) is 3.89. The first-order chi connectivity index (χ1) is 14.4. The Morgan fingerprint density at radius 1 is 0.900 bits per heavy atom. The van der Waals surface area contributed by atoms with Gasteiger partial charge in [-0.05, 0) is 55.3 Å². The highest BCUT2D eigenvalue weighted by Crippen LogP contribution is 2.32. The van der Waals surface area contributed by atoms with Gasteiger partial charge in [0.1, 0.15) is 0 Å². The molecular weight excluding hydrogens is 400 g/mol. The summed E-state index contributed by atoms with van der Waals surface area (Å²) in [5.41, 5.74) is 2.83. The van der Waals surface area contributed by atoms with Crippen LogP contribution in [-0.2, 0) is 16.4 Å². The molecule has 1 heterocycles. The largest absolute Gasteiger partial charge is 0.322 e. The fourth-order valence-electron chi connectivity index (χ4n) is 3.50. The van der Waals surface area contributed by atoms with Crippen molar-refractivity contribution in [3.05, 3.63) is 89.5 Å². The fraction of sp³-hybridized carbons (Fsp3) is 0.130. The number of carbonyl (C=O) groups excluding carboxylic acids is 2. The Morgan fingerprint density at radius 2 is 1.63 bits per heavy atom. The molecule has 3 aromatic rings. The van der Waals surface area contributed by atoms with Gasteiger partial charge in [0.15, 0.2) is 5.78 Å². The van der Waals surface area contributed by atoms with E-state index in [1.807, 2.05) is 18.2 Å². The van der Waals surface area contributed by atoms with Crippen LogP contribution in [0.2, 0.25) is 0 Å². The number of anilines is 2. The van der Waals surface area contributed by atoms with Crippen LogP contribution in [0.1, 0.15) is 33.2 Å². The van der Waals surface area contributed by atoms with Gasteiger partial charge in [0.25, 0.3) is 15.9 Å². The van der Waals surface area contributed by atoms with Crippen LogP contribution in [0.3, 0.4) is 0 Å². The molecule has 1 aliphatic rings. The maximum atomic E-state index is 13.2. The molecule has 0 spiro atoms. The Labute approximate surface area is 175 Å². The summed E-state index contributed by atoms with van der Waals surface area (Å²) in [7, 11) is -3.79. The van der Waals surface area contributed by atoms with Gasteiger partial charge in [-0.3, -0.25) is 13.9 Å². The zero-order valence-electron chi connectivity index (χ0n) is 16.3. The third kappa shape index (κ3) is 3.71. The second kappa shape index (κ2) is 7.76. The lowest BCUT2D eigenvalue weighted by atomic mass is 10.1. The molecule has 3 aromatic carbocycles. The van der Waals surface area contributed by atoms with Crippen molar-refractivity contribution in [2.24, 2.45) is 0 Å². The van der Waals surface area contributed by atoms with Crippen molar-refractivity contribution in [3.63, 3.8) is 0 Å². The van der Waals surface area contributed by atoms with E-state index in [-0.39, 0.29) is 16.2 Å². The highest BCUT2D eigenvalue weighted by Gasteiger charge is 2.30. The zero-order chi connectivity index (χ0) is 21.3. The fourth-order valence-corrected chi connectivity index (χ4v) is 5.05. The second-order valence-corrected chi connectivity index (χ2v) is 8.94. The molecule has 0 radical (unpaired) electrons. The molecule has 0 aliphatic carbocycles. The van der Waals surface area contributed by atoms with E-state index in [9.17, 15) is 18.0 Å². The van der Waals surface area contributed by atoms with Crippen LogP contribution in [0.4, 0.5) is 11.4 Å². The van der Waals surface area contributed by atoms with Gasteiger partial charge in [0.05, 0.1) is 10.6 Å². The number of carbonyl (C=O) groups is 2. The van der Waals surface area contributed by atoms with Gasteiger partial charge in [0, 0.05) is 23.4 Å². The summed E-state index contributed by atoms with van der Waals surface area (Å²) in [4.78, 5) is 24.3. The van der Waals surface area contributed by atoms with Crippen LogP contribution in [-0.4, -0.2) is 26.7 Å². The number of nitrogens with one attached hydrogen (secondary N) is 1. The zero-order valence-corrected chi connectivity index (χ0v) is 17.1. The molecule has 30 heavy (non-hydrogen) atoms. The minimum atomic E-state index is -3.79. The third-order valence-corrected chi connectivity index (χ3v) is 6.86. The standard InChI is InChI=1S/C23H20N2O4S/c1-16(26)18-7-4-9-20(14-18)24-23(27)19-8-5-10-21(15-19)30(28,29)25-13-12-17-6-2-3-11-22(17)25/h2-11,14-15H,12-13H2,1H3,(H,24,27). The minimum absolute atomic E-state index is 0.0596. The van der Waals surface area contributed by atoms with E-state index in [0.29, 0.717) is 29.9 Å². The summed E-state index contributed by atoms with van der Waals surface area (Å²) in [5.74, 6) is -0.556. The molecule has 0 aromatic heterocycles. The molecule has 1 amide bonds. The molecule has 0 saturated carbocycles. The first-order valence-electron chi connectivity index (χ1n) is 9.49. The molecule has 4 rings (SSSR count). The average molecular weight is 420 g/mol. The van der Waals surface area contributed by atoms with Gasteiger partial charge in [-0.15, -0.1) is 0 Å². The van der Waals surface area contributed by atoms with Crippen LogP contribution >= 0.6 is 0 Å². The van der Waals surface area contributed by atoms with Crippen molar-refractivity contribution in [3.8, 4) is 0 Å². The van der Waals surface area contributed by atoms with Crippen LogP contribution in [0.15, 0.2) is 77.7 Å². The van der Waals surface area contributed by atoms with Crippen molar-refractivity contribution >= 4 is 33.1 Å². The Bertz CT molecular complexity index is 1250. The molecule has 6 nitrogen and oxygen atoms in total. The van der Waals surface area contributed by atoms with Gasteiger partial charge in [0.2, 0.25) is 0 Å². The third-order valence-electron chi connectivity index (χ3n) is 5.06. The van der Waals surface area contributed by atoms with E-state index < -0.39 is 15.9 Å². The number of rotatable bonds is 5. The molecular formula is C23H20N2O4S. The molecule has 1 N–H and O–H groups in total. The van der Waals surface area contributed by atoms with E-state index in [2.05, 4.69) is 5.32 Å². The Kier molecular flexibility index (Phi) is 5.13. The van der Waals surface area contributed by atoms with Crippen molar-refractivity contribution in [2.45, 2.75) is 18.2 Å². The normalized spacial score (nSPS) is 13.0. The van der Waals surface area contributed by atoms with Gasteiger partial charge >= 0.3 is 0 Å². The number of hydrogen-bond donors (Lipinski definition) is 1. The molecule has 0 unspecified atom stereocenters. The second-order valence-electron chi connectivity index (χ2n) is 7.07. The summed E-state index contributed by atoms with van der Waals surface area (Å²) < 4.78 is 27.8. The van der Waals surface area contributed by atoms with E-state index in [0.717, 1.165) is 5.56 Å². The molecule has 7 heteroatoms. The van der Waals surface area contributed by atoms with Gasteiger partial charge in [-0.2, -0.15) is 0 Å². The monoisotopic (exact) mass is 420 g/mol. The molecule has 0 atom stereocenters. The highest BCUT2D eigenvalue weighted by molar-refractivity contribution is 7.92. The maximum Gasteiger partial charge on any atom is 0.264 e. The summed E-state index contributed by atoms with van der Waals surface area (Å²) in [6.45, 7) is 1.82. The number of nitrogens with zero attached hydrogens (tertiary/aromatic N) is 1. The number of Topliss-reactive ketones (excluding diaryl/α,β-unsaturated/α-hetero) is 1. The Balaban J connectivity index is 1.60. The molecule has 0 bridgehead atoms. The van der Waals surface area contributed by atoms with Crippen LogP contribution in [0.25, 0.3) is 0 Å². The van der Waals surface area contributed by atoms with Crippen LogP contribution in [0.5, 0.6) is 0 Å². The number of sulfonamides is 1. The maximum absolute atomic E-state index is 13.2. The Hall–Kier alpha value is -3.45. The number of ketones is 1. The van der Waals surface area contributed by atoms with Crippen molar-refractivity contribution < 1.29 is 18.0 Å². The number of fused-ring (bicyclic) bond motifs is 1. The quantitative estimate of drug-likeness (QED) is 0.635. The van der Waals surface area contributed by atoms with E-state index in [4.69, 9.17) is 0 Å². The molecule has 0 saturated heterocycles.